The molecule has 1 aliphatic heterocycles. The number of benzene rings is 1. The first kappa shape index (κ1) is 11.9. The van der Waals surface area contributed by atoms with E-state index in [4.69, 9.17) is 4.74 Å². The third-order valence-electron chi connectivity index (χ3n) is 2.88. The number of carbonyl (C=O) groups is 1. The molecule has 2 rings (SSSR count). The van der Waals surface area contributed by atoms with Gasteiger partial charge in [0.25, 0.3) is 0 Å². The van der Waals surface area contributed by atoms with Crippen LogP contribution in [0, 0.1) is 6.92 Å². The zero-order chi connectivity index (χ0) is 12.6. The molecule has 0 aromatic heterocycles. The molecule has 17 heavy (non-hydrogen) atoms. The van der Waals surface area contributed by atoms with E-state index in [1.54, 1.807) is 13.0 Å². The van der Waals surface area contributed by atoms with Crippen LogP contribution in [0.3, 0.4) is 0 Å². The van der Waals surface area contributed by atoms with E-state index in [2.05, 4.69) is 26.0 Å². The van der Waals surface area contributed by atoms with Crippen molar-refractivity contribution in [3.05, 3.63) is 34.9 Å². The number of hydrogen-bond acceptors (Lipinski definition) is 2. The molecule has 1 aliphatic rings. The molecule has 0 bridgehead atoms. The molecule has 90 valence electrons. The zero-order valence-electron chi connectivity index (χ0n) is 10.8. The van der Waals surface area contributed by atoms with Crippen molar-refractivity contribution in [1.29, 1.82) is 0 Å². The van der Waals surface area contributed by atoms with E-state index in [9.17, 15) is 4.79 Å². The summed E-state index contributed by atoms with van der Waals surface area (Å²) < 4.78 is 5.91. The average molecular weight is 230 g/mol. The van der Waals surface area contributed by atoms with E-state index in [0.717, 1.165) is 23.3 Å². The summed E-state index contributed by atoms with van der Waals surface area (Å²) in [5, 5.41) is 0. The maximum absolute atomic E-state index is 10.9. The topological polar surface area (TPSA) is 26.3 Å². The molecule has 0 saturated heterocycles. The molecule has 2 heteroatoms. The largest absolute Gasteiger partial charge is 0.487 e. The van der Waals surface area contributed by atoms with Crippen LogP contribution in [0.1, 0.15) is 37.5 Å². The second-order valence-electron chi connectivity index (χ2n) is 5.31. The second-order valence-corrected chi connectivity index (χ2v) is 5.31. The molecule has 0 fully saturated rings. The van der Waals surface area contributed by atoms with Crippen molar-refractivity contribution in [2.75, 3.05) is 0 Å². The van der Waals surface area contributed by atoms with E-state index in [0.29, 0.717) is 0 Å². The Bertz CT molecular complexity index is 496. The van der Waals surface area contributed by atoms with Crippen LogP contribution in [0.25, 0.3) is 6.08 Å². The van der Waals surface area contributed by atoms with Gasteiger partial charge in [0, 0.05) is 6.42 Å². The van der Waals surface area contributed by atoms with Gasteiger partial charge in [0.1, 0.15) is 11.4 Å². The first-order valence-electron chi connectivity index (χ1n) is 5.88. The summed E-state index contributed by atoms with van der Waals surface area (Å²) >= 11 is 0. The highest BCUT2D eigenvalue weighted by atomic mass is 16.5. The van der Waals surface area contributed by atoms with Crippen LogP contribution >= 0.6 is 0 Å². The van der Waals surface area contributed by atoms with Gasteiger partial charge < -0.3 is 4.74 Å². The average Bonchev–Trinajstić information content (AvgIpc) is 2.50. The van der Waals surface area contributed by atoms with Gasteiger partial charge in [-0.25, -0.2) is 0 Å². The van der Waals surface area contributed by atoms with Gasteiger partial charge in [0.05, 0.1) is 0 Å². The van der Waals surface area contributed by atoms with Crippen LogP contribution < -0.4 is 4.74 Å². The molecule has 0 N–H and O–H groups in total. The molecule has 0 aliphatic carbocycles. The fraction of sp³-hybridized carbons (Fsp3) is 0.400. The molecule has 0 radical (unpaired) electrons. The molecule has 2 nitrogen and oxygen atoms in total. The van der Waals surface area contributed by atoms with Gasteiger partial charge in [0.15, 0.2) is 5.78 Å². The molecule has 0 unspecified atom stereocenters. The number of hydrogen-bond donors (Lipinski definition) is 0. The Morgan fingerprint density at radius 1 is 1.41 bits per heavy atom. The van der Waals surface area contributed by atoms with Crippen LogP contribution in [-0.4, -0.2) is 11.4 Å². The van der Waals surface area contributed by atoms with Crippen molar-refractivity contribution in [3.8, 4) is 5.75 Å². The molecule has 1 aromatic carbocycles. The van der Waals surface area contributed by atoms with Crippen molar-refractivity contribution in [2.45, 2.75) is 39.7 Å². The highest BCUT2D eigenvalue weighted by molar-refractivity contribution is 5.91. The fourth-order valence-electron chi connectivity index (χ4n) is 2.24. The normalized spacial score (nSPS) is 16.9. The van der Waals surface area contributed by atoms with E-state index in [1.165, 1.54) is 5.56 Å². The van der Waals surface area contributed by atoms with Crippen LogP contribution in [0.2, 0.25) is 0 Å². The predicted octanol–water partition coefficient (Wildman–Crippen LogP) is 3.31. The van der Waals surface area contributed by atoms with Crippen LogP contribution in [-0.2, 0) is 11.2 Å². The molecule has 0 atom stereocenters. The summed E-state index contributed by atoms with van der Waals surface area (Å²) in [7, 11) is 0. The molecule has 0 spiro atoms. The van der Waals surface area contributed by atoms with Crippen molar-refractivity contribution < 1.29 is 9.53 Å². The molecule has 1 aromatic rings. The molecule has 0 amide bonds. The third kappa shape index (κ3) is 2.57. The smallest absolute Gasteiger partial charge is 0.152 e. The summed E-state index contributed by atoms with van der Waals surface area (Å²) in [5.41, 5.74) is 3.32. The minimum Gasteiger partial charge on any atom is -0.487 e. The van der Waals surface area contributed by atoms with Gasteiger partial charge in [-0.15, -0.1) is 0 Å². The lowest BCUT2D eigenvalue weighted by Crippen LogP contribution is -2.24. The van der Waals surface area contributed by atoms with Gasteiger partial charge in [-0.05, 0) is 62.6 Å². The number of ketones is 1. The summed E-state index contributed by atoms with van der Waals surface area (Å²) in [5.74, 6) is 1.08. The number of fused-ring (bicyclic) bond motifs is 1. The van der Waals surface area contributed by atoms with E-state index >= 15 is 0 Å². The highest BCUT2D eigenvalue weighted by Gasteiger charge is 2.31. The van der Waals surface area contributed by atoms with Crippen molar-refractivity contribution in [2.24, 2.45) is 0 Å². The molecular formula is C15H18O2. The highest BCUT2D eigenvalue weighted by Crippen LogP contribution is 2.38. The molecule has 0 saturated carbocycles. The van der Waals surface area contributed by atoms with Crippen molar-refractivity contribution in [3.63, 3.8) is 0 Å². The molecule has 1 heterocycles. The van der Waals surface area contributed by atoms with Gasteiger partial charge >= 0.3 is 0 Å². The Morgan fingerprint density at radius 3 is 2.76 bits per heavy atom. The van der Waals surface area contributed by atoms with E-state index in [-0.39, 0.29) is 11.4 Å². The van der Waals surface area contributed by atoms with E-state index in [1.807, 2.05) is 13.0 Å². The Balaban J connectivity index is 2.37. The monoisotopic (exact) mass is 230 g/mol. The zero-order valence-corrected chi connectivity index (χ0v) is 10.8. The first-order chi connectivity index (χ1) is 7.87. The number of allylic oxidation sites excluding steroid dienone is 1. The maximum Gasteiger partial charge on any atom is 0.152 e. The number of ether oxygens (including phenoxy) is 1. The Hall–Kier alpha value is -1.57. The maximum atomic E-state index is 10.9. The Kier molecular flexibility index (Phi) is 2.82. The first-order valence-corrected chi connectivity index (χ1v) is 5.88. The van der Waals surface area contributed by atoms with Crippen LogP contribution in [0.15, 0.2) is 18.2 Å². The molecular weight excluding hydrogens is 212 g/mol. The second kappa shape index (κ2) is 4.02. The fourth-order valence-corrected chi connectivity index (χ4v) is 2.24. The lowest BCUT2D eigenvalue weighted by Gasteiger charge is -2.17. The lowest BCUT2D eigenvalue weighted by molar-refractivity contribution is -0.112. The summed E-state index contributed by atoms with van der Waals surface area (Å²) in [6.07, 6.45) is 4.38. The van der Waals surface area contributed by atoms with Crippen molar-refractivity contribution in [1.82, 2.24) is 0 Å². The predicted molar refractivity (Wildman–Crippen MR) is 69.3 cm³/mol. The Morgan fingerprint density at radius 2 is 2.12 bits per heavy atom. The quantitative estimate of drug-likeness (QED) is 0.729. The summed E-state index contributed by atoms with van der Waals surface area (Å²) in [6.45, 7) is 7.79. The van der Waals surface area contributed by atoms with Gasteiger partial charge in [0.2, 0.25) is 0 Å². The van der Waals surface area contributed by atoms with Crippen molar-refractivity contribution >= 4 is 11.9 Å². The Labute approximate surface area is 102 Å². The summed E-state index contributed by atoms with van der Waals surface area (Å²) in [6, 6.07) is 4.16. The number of aryl methyl sites for hydroxylation is 1. The minimum absolute atomic E-state index is 0.0692. The van der Waals surface area contributed by atoms with Gasteiger partial charge in [-0.2, -0.15) is 0 Å². The lowest BCUT2D eigenvalue weighted by atomic mass is 9.98. The van der Waals surface area contributed by atoms with Crippen LogP contribution in [0.5, 0.6) is 5.75 Å². The minimum atomic E-state index is -0.115. The number of rotatable bonds is 2. The van der Waals surface area contributed by atoms with E-state index < -0.39 is 0 Å². The number of carbonyl (C=O) groups excluding carboxylic acids is 1. The van der Waals surface area contributed by atoms with Gasteiger partial charge in [-0.1, -0.05) is 6.08 Å². The summed E-state index contributed by atoms with van der Waals surface area (Å²) in [4.78, 5) is 10.9. The van der Waals surface area contributed by atoms with Crippen LogP contribution in [0.4, 0.5) is 0 Å². The SMILES string of the molecule is CC(=O)C=Cc1cc(C)c2c(c1)CC(C)(C)O2. The van der Waals surface area contributed by atoms with Gasteiger partial charge in [-0.3, -0.25) is 4.79 Å². The third-order valence-corrected chi connectivity index (χ3v) is 2.88. The standard InChI is InChI=1S/C15H18O2/c1-10-7-12(6-5-11(2)16)8-13-9-15(3,4)17-14(10)13/h5-8H,9H2,1-4H3.